The lowest BCUT2D eigenvalue weighted by atomic mass is 9.90. The van der Waals surface area contributed by atoms with Crippen LogP contribution in [0.1, 0.15) is 36.7 Å². The smallest absolute Gasteiger partial charge is 0.407 e. The number of aromatic nitrogens is 1. The SMILES string of the molecule is CC1(C)Oc2cccc3c4c(n(c23)C1Cc1ccccc1)CCN(C(=O)O)CC4. The van der Waals surface area contributed by atoms with E-state index >= 15 is 0 Å². The molecule has 0 fully saturated rings. The highest BCUT2D eigenvalue weighted by molar-refractivity contribution is 5.91. The van der Waals surface area contributed by atoms with Gasteiger partial charge in [0.2, 0.25) is 0 Å². The average molecular weight is 390 g/mol. The Labute approximate surface area is 170 Å². The number of rotatable bonds is 2. The van der Waals surface area contributed by atoms with E-state index < -0.39 is 6.09 Å². The minimum absolute atomic E-state index is 0.141. The monoisotopic (exact) mass is 390 g/mol. The predicted octanol–water partition coefficient (Wildman–Crippen LogP) is 4.67. The van der Waals surface area contributed by atoms with Gasteiger partial charge in [-0.2, -0.15) is 0 Å². The van der Waals surface area contributed by atoms with E-state index in [1.54, 1.807) is 4.90 Å². The minimum atomic E-state index is -0.830. The second-order valence-electron chi connectivity index (χ2n) is 8.63. The fourth-order valence-electron chi connectivity index (χ4n) is 5.05. The van der Waals surface area contributed by atoms with Crippen molar-refractivity contribution in [3.63, 3.8) is 0 Å². The van der Waals surface area contributed by atoms with Crippen molar-refractivity contribution in [3.8, 4) is 5.75 Å². The summed E-state index contributed by atoms with van der Waals surface area (Å²) in [6, 6.07) is 16.9. The zero-order chi connectivity index (χ0) is 20.2. The van der Waals surface area contributed by atoms with Gasteiger partial charge in [-0.05, 0) is 43.9 Å². The second kappa shape index (κ2) is 6.55. The Kier molecular flexibility index (Phi) is 4.09. The Morgan fingerprint density at radius 1 is 1.10 bits per heavy atom. The number of nitrogens with zero attached hydrogens (tertiary/aromatic N) is 2. The Balaban J connectivity index is 1.69. The summed E-state index contributed by atoms with van der Waals surface area (Å²) in [6.45, 7) is 5.40. The first kappa shape index (κ1) is 18.1. The maximum atomic E-state index is 11.6. The van der Waals surface area contributed by atoms with E-state index in [0.29, 0.717) is 13.1 Å². The van der Waals surface area contributed by atoms with Gasteiger partial charge in [-0.15, -0.1) is 0 Å². The fourth-order valence-corrected chi connectivity index (χ4v) is 5.05. The zero-order valence-electron chi connectivity index (χ0n) is 16.9. The van der Waals surface area contributed by atoms with Gasteiger partial charge in [-0.25, -0.2) is 4.79 Å². The van der Waals surface area contributed by atoms with E-state index in [9.17, 15) is 9.90 Å². The first-order chi connectivity index (χ1) is 14.0. The third-order valence-electron chi connectivity index (χ3n) is 6.48. The maximum absolute atomic E-state index is 11.6. The number of benzene rings is 2. The van der Waals surface area contributed by atoms with E-state index in [-0.39, 0.29) is 11.6 Å². The van der Waals surface area contributed by atoms with Gasteiger partial charge in [-0.3, -0.25) is 0 Å². The Bertz CT molecular complexity index is 1080. The van der Waals surface area contributed by atoms with Crippen molar-refractivity contribution in [1.82, 2.24) is 9.47 Å². The highest BCUT2D eigenvalue weighted by Gasteiger charge is 2.41. The number of carboxylic acid groups (broad SMARTS) is 1. The van der Waals surface area contributed by atoms with Crippen molar-refractivity contribution in [2.75, 3.05) is 13.1 Å². The summed E-state index contributed by atoms with van der Waals surface area (Å²) >= 11 is 0. The van der Waals surface area contributed by atoms with Gasteiger partial charge in [0.1, 0.15) is 11.4 Å². The van der Waals surface area contributed by atoms with Crippen molar-refractivity contribution >= 4 is 17.0 Å². The third-order valence-corrected chi connectivity index (χ3v) is 6.48. The number of para-hydroxylation sites is 1. The summed E-state index contributed by atoms with van der Waals surface area (Å²) in [5.41, 5.74) is 4.63. The highest BCUT2D eigenvalue weighted by atomic mass is 16.5. The van der Waals surface area contributed by atoms with Crippen molar-refractivity contribution in [2.45, 2.75) is 44.8 Å². The van der Waals surface area contributed by atoms with Gasteiger partial charge in [-0.1, -0.05) is 42.5 Å². The van der Waals surface area contributed by atoms with Crippen molar-refractivity contribution in [2.24, 2.45) is 0 Å². The number of hydrogen-bond acceptors (Lipinski definition) is 2. The van der Waals surface area contributed by atoms with Crippen molar-refractivity contribution < 1.29 is 14.6 Å². The lowest BCUT2D eigenvalue weighted by Gasteiger charge is -2.41. The Morgan fingerprint density at radius 2 is 1.86 bits per heavy atom. The largest absolute Gasteiger partial charge is 0.483 e. The normalized spacial score (nSPS) is 20.1. The van der Waals surface area contributed by atoms with E-state index in [2.05, 4.69) is 60.9 Å². The topological polar surface area (TPSA) is 54.7 Å². The molecule has 1 amide bonds. The number of fused-ring (bicyclic) bond motifs is 3. The van der Waals surface area contributed by atoms with Crippen LogP contribution in [0.15, 0.2) is 48.5 Å². The molecule has 2 aromatic carbocycles. The number of amides is 1. The number of carbonyl (C=O) groups is 1. The molecule has 0 radical (unpaired) electrons. The van der Waals surface area contributed by atoms with Gasteiger partial charge in [0.05, 0.1) is 11.6 Å². The number of hydrogen-bond donors (Lipinski definition) is 1. The molecular formula is C24H26N2O3. The summed E-state index contributed by atoms with van der Waals surface area (Å²) in [7, 11) is 0. The molecule has 1 atom stereocenters. The molecule has 0 aliphatic carbocycles. The third kappa shape index (κ3) is 2.87. The molecule has 0 saturated carbocycles. The van der Waals surface area contributed by atoms with Crippen LogP contribution in [0.5, 0.6) is 5.75 Å². The molecule has 29 heavy (non-hydrogen) atoms. The molecule has 3 heterocycles. The van der Waals surface area contributed by atoms with Gasteiger partial charge in [0.25, 0.3) is 0 Å². The molecule has 1 aromatic heterocycles. The number of ether oxygens (including phenoxy) is 1. The molecule has 0 saturated heterocycles. The van der Waals surface area contributed by atoms with Crippen LogP contribution in [0.25, 0.3) is 10.9 Å². The molecule has 5 heteroatoms. The van der Waals surface area contributed by atoms with Gasteiger partial charge in [0, 0.05) is 30.6 Å². The fraction of sp³-hybridized carbons (Fsp3) is 0.375. The highest BCUT2D eigenvalue weighted by Crippen LogP contribution is 2.46. The minimum Gasteiger partial charge on any atom is -0.483 e. The molecule has 0 spiro atoms. The molecular weight excluding hydrogens is 364 g/mol. The molecule has 3 aromatic rings. The lowest BCUT2D eigenvalue weighted by Crippen LogP contribution is -2.43. The van der Waals surface area contributed by atoms with Crippen LogP contribution < -0.4 is 4.74 Å². The first-order valence-corrected chi connectivity index (χ1v) is 10.3. The van der Waals surface area contributed by atoms with Crippen LogP contribution in [-0.4, -0.2) is 39.4 Å². The first-order valence-electron chi connectivity index (χ1n) is 10.3. The summed E-state index contributed by atoms with van der Waals surface area (Å²) in [6.07, 6.45) is 1.52. The molecule has 2 aliphatic rings. The van der Waals surface area contributed by atoms with Crippen LogP contribution in [0.3, 0.4) is 0 Å². The molecule has 5 nitrogen and oxygen atoms in total. The molecule has 150 valence electrons. The Morgan fingerprint density at radius 3 is 2.62 bits per heavy atom. The molecule has 1 N–H and O–H groups in total. The standard InChI is InChI=1S/C24H26N2O3/c1-24(2)21(15-16-7-4-3-5-8-16)26-19-12-14-25(23(27)28)13-11-17(19)18-9-6-10-20(29-24)22(18)26/h3-10,21H,11-15H2,1-2H3,(H,27,28). The molecule has 0 bridgehead atoms. The molecule has 5 rings (SSSR count). The molecule has 1 unspecified atom stereocenters. The summed E-state index contributed by atoms with van der Waals surface area (Å²) < 4.78 is 8.99. The average Bonchev–Trinajstić information content (AvgIpc) is 2.85. The van der Waals surface area contributed by atoms with Crippen molar-refractivity contribution in [3.05, 3.63) is 65.4 Å². The van der Waals surface area contributed by atoms with Crippen LogP contribution in [0.4, 0.5) is 4.79 Å². The second-order valence-corrected chi connectivity index (χ2v) is 8.63. The lowest BCUT2D eigenvalue weighted by molar-refractivity contribution is 0.0394. The predicted molar refractivity (Wildman–Crippen MR) is 113 cm³/mol. The quantitative estimate of drug-likeness (QED) is 0.692. The van der Waals surface area contributed by atoms with Crippen LogP contribution >= 0.6 is 0 Å². The van der Waals surface area contributed by atoms with Crippen molar-refractivity contribution in [1.29, 1.82) is 0 Å². The van der Waals surface area contributed by atoms with Gasteiger partial charge >= 0.3 is 6.09 Å². The van der Waals surface area contributed by atoms with E-state index in [1.165, 1.54) is 27.7 Å². The van der Waals surface area contributed by atoms with Gasteiger partial charge < -0.3 is 19.3 Å². The van der Waals surface area contributed by atoms with Gasteiger partial charge in [0.15, 0.2) is 0 Å². The zero-order valence-corrected chi connectivity index (χ0v) is 16.9. The molecule has 2 aliphatic heterocycles. The summed E-state index contributed by atoms with van der Waals surface area (Å²) in [4.78, 5) is 13.1. The van der Waals surface area contributed by atoms with Crippen LogP contribution in [0.2, 0.25) is 0 Å². The Hall–Kier alpha value is -2.95. The van der Waals surface area contributed by atoms with E-state index in [4.69, 9.17) is 4.74 Å². The maximum Gasteiger partial charge on any atom is 0.407 e. The van der Waals surface area contributed by atoms with Crippen LogP contribution in [0, 0.1) is 0 Å². The van der Waals surface area contributed by atoms with E-state index in [0.717, 1.165) is 25.0 Å². The summed E-state index contributed by atoms with van der Waals surface area (Å²) in [5, 5.41) is 10.7. The summed E-state index contributed by atoms with van der Waals surface area (Å²) in [5.74, 6) is 0.931. The van der Waals surface area contributed by atoms with Crippen LogP contribution in [-0.2, 0) is 19.3 Å². The van der Waals surface area contributed by atoms with E-state index in [1.807, 2.05) is 6.07 Å².